The Morgan fingerprint density at radius 3 is 1.25 bits per heavy atom. The maximum Gasteiger partial charge on any atom is 0.101 e. The number of hydrogen-bond acceptors (Lipinski definition) is 4. The van der Waals surface area contributed by atoms with Gasteiger partial charge >= 0.3 is 0 Å². The molecule has 9 nitrogen and oxygen atoms in total. The normalized spacial score (nSPS) is 12.3. The number of nitriles is 4. The highest BCUT2D eigenvalue weighted by Gasteiger charge is 2.39. The predicted molar refractivity (Wildman–Crippen MR) is 432 cm³/mol. The fraction of sp³-hybridized carbons (Fsp3) is 0.0309. The van der Waals surface area contributed by atoms with Crippen molar-refractivity contribution in [1.82, 2.24) is 22.8 Å². The summed E-state index contributed by atoms with van der Waals surface area (Å²) in [6, 6.07) is 122. The molecule has 0 atom stereocenters. The van der Waals surface area contributed by atoms with Crippen molar-refractivity contribution in [3.05, 3.63) is 355 Å². The largest absolute Gasteiger partial charge is 0.309 e. The van der Waals surface area contributed by atoms with Crippen molar-refractivity contribution in [2.45, 2.75) is 19.3 Å². The van der Waals surface area contributed by atoms with Crippen molar-refractivity contribution in [3.8, 4) is 86.1 Å². The van der Waals surface area contributed by atoms with Gasteiger partial charge in [0.2, 0.25) is 0 Å². The summed E-state index contributed by atoms with van der Waals surface area (Å²) >= 11 is 0. The van der Waals surface area contributed by atoms with Crippen LogP contribution in [-0.4, -0.2) is 22.8 Å². The molecular weight excluding hydrogens is 1290 g/mol. The molecule has 0 amide bonds. The van der Waals surface area contributed by atoms with Crippen LogP contribution < -0.4 is 0 Å². The minimum atomic E-state index is -0.258. The van der Waals surface area contributed by atoms with E-state index in [1.165, 1.54) is 49.2 Å². The number of fused-ring (bicyclic) bond motifs is 20. The third-order valence-electron chi connectivity index (χ3n) is 22.1. The van der Waals surface area contributed by atoms with E-state index in [0.717, 1.165) is 133 Å². The van der Waals surface area contributed by atoms with Crippen molar-refractivity contribution < 1.29 is 0 Å². The van der Waals surface area contributed by atoms with Gasteiger partial charge in [0.25, 0.3) is 0 Å². The van der Waals surface area contributed by atoms with E-state index < -0.39 is 0 Å². The molecule has 0 saturated heterocycles. The average Bonchev–Trinajstić information content (AvgIpc) is 1.54. The van der Waals surface area contributed by atoms with E-state index in [0.29, 0.717) is 22.3 Å². The lowest BCUT2D eigenvalue weighted by atomic mass is 9.81. The number of rotatable bonds is 7. The van der Waals surface area contributed by atoms with E-state index in [-0.39, 0.29) is 5.41 Å². The molecule has 5 aromatic heterocycles. The number of benzene rings is 15. The van der Waals surface area contributed by atoms with Crippen molar-refractivity contribution >= 4 is 109 Å². The first kappa shape index (κ1) is 61.2. The van der Waals surface area contributed by atoms with Gasteiger partial charge in [0, 0.05) is 93.0 Å². The summed E-state index contributed by atoms with van der Waals surface area (Å²) in [5, 5.41) is 53.3. The van der Waals surface area contributed by atoms with Gasteiger partial charge < -0.3 is 22.8 Å². The molecule has 492 valence electrons. The molecule has 0 radical (unpaired) electrons. The van der Waals surface area contributed by atoms with Gasteiger partial charge in [-0.3, -0.25) is 0 Å². The smallest absolute Gasteiger partial charge is 0.101 e. The van der Waals surface area contributed by atoms with Crippen molar-refractivity contribution in [2.75, 3.05) is 0 Å². The van der Waals surface area contributed by atoms with Crippen LogP contribution in [0.2, 0.25) is 0 Å². The van der Waals surface area contributed by atoms with Gasteiger partial charge in [-0.1, -0.05) is 226 Å². The molecular formula is C97H59N9. The summed E-state index contributed by atoms with van der Waals surface area (Å²) in [5.74, 6) is 0. The van der Waals surface area contributed by atoms with Crippen LogP contribution in [0.3, 0.4) is 0 Å². The van der Waals surface area contributed by atoms with Crippen LogP contribution >= 0.6 is 0 Å². The molecule has 0 bridgehead atoms. The molecule has 0 spiro atoms. The molecule has 0 fully saturated rings. The summed E-state index contributed by atoms with van der Waals surface area (Å²) in [7, 11) is 0. The Morgan fingerprint density at radius 2 is 0.670 bits per heavy atom. The molecule has 0 aliphatic heterocycles. The van der Waals surface area contributed by atoms with Gasteiger partial charge in [-0.15, -0.1) is 0 Å². The van der Waals surface area contributed by atoms with Crippen LogP contribution in [0, 0.1) is 45.3 Å². The zero-order chi connectivity index (χ0) is 71.1. The van der Waals surface area contributed by atoms with E-state index in [9.17, 15) is 21.0 Å². The van der Waals surface area contributed by atoms with Crippen LogP contribution in [0.1, 0.15) is 47.2 Å². The Balaban J connectivity index is 0.000000141. The topological polar surface area (TPSA) is 120 Å². The summed E-state index contributed by atoms with van der Waals surface area (Å²) in [6.45, 7) is 4.62. The highest BCUT2D eigenvalue weighted by Crippen LogP contribution is 2.54. The van der Waals surface area contributed by atoms with Gasteiger partial charge in [-0.2, -0.15) is 21.0 Å². The standard InChI is InChI=1S/C50H29N5.C47H30N4/c51-30-33-28-42(32-22-24-36(25-23-32)53-43-18-8-4-14-37(43)38-15-5-9-19-44(38)53)48(29-34(33)31-52)55-45-20-10-6-16-39(45)40-26-27-47-49(50(40)55)41-17-7-11-21-46(41)54(47)35-12-2-1-3-13-35;1-47(2)40-15-7-3-11-33(40)38-23-24-39-36-14-6-10-18-43(36)51(46(39)45(38)47)44-25-29(27-48)19-21-37(44)32-22-20-31(26-30(32)28-49)50-41-16-8-4-12-34(41)35-13-5-9-17-42(35)50/h1-29H;3-26H,1-2H3. The number of hydrogen-bond donors (Lipinski definition) is 0. The minimum absolute atomic E-state index is 0.258. The third-order valence-corrected chi connectivity index (χ3v) is 22.1. The van der Waals surface area contributed by atoms with Crippen LogP contribution in [0.5, 0.6) is 0 Å². The second kappa shape index (κ2) is 23.7. The second-order valence-electron chi connectivity index (χ2n) is 27.9. The molecule has 15 aromatic carbocycles. The predicted octanol–water partition coefficient (Wildman–Crippen LogP) is 24.0. The molecule has 0 N–H and O–H groups in total. The average molecular weight is 1350 g/mol. The van der Waals surface area contributed by atoms with Crippen LogP contribution in [0.15, 0.2) is 322 Å². The van der Waals surface area contributed by atoms with E-state index in [4.69, 9.17) is 0 Å². The first-order valence-corrected chi connectivity index (χ1v) is 35.6. The van der Waals surface area contributed by atoms with Crippen molar-refractivity contribution in [1.29, 1.82) is 21.0 Å². The molecule has 1 aliphatic rings. The van der Waals surface area contributed by atoms with Gasteiger partial charge in [-0.05, 0) is 137 Å². The molecule has 9 heteroatoms. The third kappa shape index (κ3) is 8.92. The molecule has 20 aromatic rings. The first-order valence-electron chi connectivity index (χ1n) is 35.6. The Bertz CT molecular complexity index is 7240. The zero-order valence-electron chi connectivity index (χ0n) is 57.6. The molecule has 106 heavy (non-hydrogen) atoms. The van der Waals surface area contributed by atoms with Crippen molar-refractivity contribution in [2.24, 2.45) is 0 Å². The Kier molecular flexibility index (Phi) is 13.7. The van der Waals surface area contributed by atoms with Crippen molar-refractivity contribution in [3.63, 3.8) is 0 Å². The lowest BCUT2D eigenvalue weighted by molar-refractivity contribution is 0.664. The number of aromatic nitrogens is 5. The molecule has 0 saturated carbocycles. The highest BCUT2D eigenvalue weighted by molar-refractivity contribution is 6.26. The minimum Gasteiger partial charge on any atom is -0.309 e. The summed E-state index contributed by atoms with van der Waals surface area (Å²) in [6.07, 6.45) is 0. The monoisotopic (exact) mass is 1350 g/mol. The second-order valence-corrected chi connectivity index (χ2v) is 27.9. The maximum absolute atomic E-state index is 10.8. The van der Waals surface area contributed by atoms with Crippen LogP contribution in [0.4, 0.5) is 0 Å². The first-order chi connectivity index (χ1) is 52.2. The maximum atomic E-state index is 10.8. The van der Waals surface area contributed by atoms with Crippen LogP contribution in [-0.2, 0) is 5.41 Å². The fourth-order valence-electron chi connectivity index (χ4n) is 17.6. The van der Waals surface area contributed by atoms with Gasteiger partial charge in [0.1, 0.15) is 12.1 Å². The van der Waals surface area contributed by atoms with E-state index in [2.05, 4.69) is 340 Å². The summed E-state index contributed by atoms with van der Waals surface area (Å²) in [5.41, 5.74) is 25.9. The van der Waals surface area contributed by atoms with E-state index >= 15 is 0 Å². The molecule has 0 unspecified atom stereocenters. The summed E-state index contributed by atoms with van der Waals surface area (Å²) in [4.78, 5) is 0. The van der Waals surface area contributed by atoms with E-state index in [1.807, 2.05) is 42.5 Å². The fourth-order valence-corrected chi connectivity index (χ4v) is 17.6. The molecule has 5 heterocycles. The zero-order valence-corrected chi connectivity index (χ0v) is 57.6. The quantitative estimate of drug-likeness (QED) is 0.158. The SMILES string of the molecule is CC1(C)c2ccccc2-c2ccc3c4ccccc4n(-c4cc(C#N)ccc4-c4ccc(-n5c6ccccc6c6ccccc65)cc4C#N)c3c21.N#Cc1cc(-c2ccc(-n3c4ccccc4c4ccccc43)cc2)c(-n2c3ccccc3c3ccc4c(c5ccccc5n4-c4ccccc4)c32)cc1C#N. The number of para-hydroxylation sites is 8. The Morgan fingerprint density at radius 1 is 0.255 bits per heavy atom. The van der Waals surface area contributed by atoms with Gasteiger partial charge in [0.05, 0.1) is 101 Å². The lowest BCUT2D eigenvalue weighted by Crippen LogP contribution is -2.16. The van der Waals surface area contributed by atoms with E-state index in [1.54, 1.807) is 0 Å². The van der Waals surface area contributed by atoms with Gasteiger partial charge in [0.15, 0.2) is 0 Å². The van der Waals surface area contributed by atoms with Crippen LogP contribution in [0.25, 0.3) is 171 Å². The van der Waals surface area contributed by atoms with Gasteiger partial charge in [-0.25, -0.2) is 0 Å². The molecule has 1 aliphatic carbocycles. The highest BCUT2D eigenvalue weighted by atomic mass is 15.0. The lowest BCUT2D eigenvalue weighted by Gasteiger charge is -2.24. The summed E-state index contributed by atoms with van der Waals surface area (Å²) < 4.78 is 11.5. The number of nitrogens with zero attached hydrogens (tertiary/aromatic N) is 9. The Labute approximate surface area is 609 Å². The Hall–Kier alpha value is -14.7. The molecule has 21 rings (SSSR count).